The Morgan fingerprint density at radius 3 is 2.50 bits per heavy atom. The van der Waals surface area contributed by atoms with Gasteiger partial charge < -0.3 is 4.90 Å². The van der Waals surface area contributed by atoms with Gasteiger partial charge in [-0.1, -0.05) is 30.3 Å². The lowest BCUT2D eigenvalue weighted by molar-refractivity contribution is -0.116. The van der Waals surface area contributed by atoms with Gasteiger partial charge in [0.25, 0.3) is 0 Å². The van der Waals surface area contributed by atoms with Gasteiger partial charge in [0.2, 0.25) is 15.9 Å². The second-order valence-corrected chi connectivity index (χ2v) is 8.28. The van der Waals surface area contributed by atoms with Gasteiger partial charge in [0.1, 0.15) is 5.82 Å². The van der Waals surface area contributed by atoms with Gasteiger partial charge in [0.15, 0.2) is 0 Å². The molecule has 1 saturated carbocycles. The molecule has 0 aliphatic heterocycles. The number of carbonyl (C=O) groups is 1. The maximum atomic E-state index is 13.7. The van der Waals surface area contributed by atoms with Crippen molar-refractivity contribution in [3.63, 3.8) is 0 Å². The Hall–Kier alpha value is -2.41. The zero-order valence-corrected chi connectivity index (χ0v) is 15.3. The third kappa shape index (κ3) is 4.60. The highest BCUT2D eigenvalue weighted by molar-refractivity contribution is 7.92. The molecule has 0 bridgehead atoms. The van der Waals surface area contributed by atoms with E-state index in [1.165, 1.54) is 24.0 Å². The number of sulfonamides is 1. The Kier molecular flexibility index (Phi) is 5.27. The molecule has 3 rings (SSSR count). The van der Waals surface area contributed by atoms with E-state index in [-0.39, 0.29) is 23.4 Å². The Balaban J connectivity index is 1.81. The third-order valence-corrected chi connectivity index (χ3v) is 5.51. The second kappa shape index (κ2) is 7.45. The molecule has 0 aromatic heterocycles. The van der Waals surface area contributed by atoms with E-state index >= 15 is 0 Å². The molecule has 1 aliphatic rings. The van der Waals surface area contributed by atoms with Crippen molar-refractivity contribution >= 4 is 27.3 Å². The summed E-state index contributed by atoms with van der Waals surface area (Å²) in [5.41, 5.74) is 1.39. The maximum Gasteiger partial charge on any atom is 0.233 e. The zero-order chi connectivity index (χ0) is 18.7. The zero-order valence-electron chi connectivity index (χ0n) is 14.5. The number of nitrogens with zero attached hydrogens (tertiary/aromatic N) is 1. The first-order valence-corrected chi connectivity index (χ1v) is 10.1. The topological polar surface area (TPSA) is 66.5 Å². The number of benzene rings is 2. The van der Waals surface area contributed by atoms with Crippen LogP contribution in [0.2, 0.25) is 0 Å². The summed E-state index contributed by atoms with van der Waals surface area (Å²) in [6, 6.07) is 13.1. The SMILES string of the molecule is CC(=O)N(c1ccc(F)cc1NS(=O)(=O)CCc1ccccc1)C1CC1. The number of aryl methyl sites for hydroxylation is 1. The lowest BCUT2D eigenvalue weighted by Crippen LogP contribution is -2.32. The highest BCUT2D eigenvalue weighted by atomic mass is 32.2. The molecule has 0 radical (unpaired) electrons. The average Bonchev–Trinajstić information content (AvgIpc) is 3.41. The van der Waals surface area contributed by atoms with Crippen LogP contribution in [0.15, 0.2) is 48.5 Å². The Bertz CT molecular complexity index is 896. The first-order chi connectivity index (χ1) is 12.4. The minimum absolute atomic E-state index is 0.0468. The monoisotopic (exact) mass is 376 g/mol. The van der Waals surface area contributed by atoms with Crippen molar-refractivity contribution in [1.82, 2.24) is 0 Å². The maximum absolute atomic E-state index is 13.7. The highest BCUT2D eigenvalue weighted by Crippen LogP contribution is 2.36. The molecule has 5 nitrogen and oxygen atoms in total. The molecule has 0 atom stereocenters. The van der Waals surface area contributed by atoms with Crippen LogP contribution in [0.4, 0.5) is 15.8 Å². The van der Waals surface area contributed by atoms with Crippen LogP contribution in [0.5, 0.6) is 0 Å². The van der Waals surface area contributed by atoms with Crippen molar-refractivity contribution < 1.29 is 17.6 Å². The van der Waals surface area contributed by atoms with Crippen LogP contribution in [0.25, 0.3) is 0 Å². The van der Waals surface area contributed by atoms with Crippen LogP contribution in [0.3, 0.4) is 0 Å². The molecule has 1 fully saturated rings. The van der Waals surface area contributed by atoms with Crippen molar-refractivity contribution in [2.75, 3.05) is 15.4 Å². The van der Waals surface area contributed by atoms with E-state index in [4.69, 9.17) is 0 Å². The average molecular weight is 376 g/mol. The van der Waals surface area contributed by atoms with Gasteiger partial charge >= 0.3 is 0 Å². The summed E-state index contributed by atoms with van der Waals surface area (Å²) in [7, 11) is -3.69. The molecule has 2 aromatic rings. The van der Waals surface area contributed by atoms with Crippen molar-refractivity contribution in [2.24, 2.45) is 0 Å². The molecular weight excluding hydrogens is 355 g/mol. The van der Waals surface area contributed by atoms with Crippen LogP contribution < -0.4 is 9.62 Å². The molecule has 0 heterocycles. The summed E-state index contributed by atoms with van der Waals surface area (Å²) in [4.78, 5) is 13.5. The molecule has 1 N–H and O–H groups in total. The molecule has 2 aromatic carbocycles. The van der Waals surface area contributed by atoms with Crippen LogP contribution in [0, 0.1) is 5.82 Å². The first-order valence-electron chi connectivity index (χ1n) is 8.49. The van der Waals surface area contributed by atoms with E-state index in [1.54, 1.807) is 0 Å². The summed E-state index contributed by atoms with van der Waals surface area (Å²) in [6.07, 6.45) is 2.06. The van der Waals surface area contributed by atoms with E-state index in [0.29, 0.717) is 12.1 Å². The van der Waals surface area contributed by atoms with Crippen LogP contribution in [0.1, 0.15) is 25.3 Å². The molecule has 26 heavy (non-hydrogen) atoms. The van der Waals surface area contributed by atoms with Gasteiger partial charge in [0, 0.05) is 19.0 Å². The van der Waals surface area contributed by atoms with Gasteiger partial charge in [-0.3, -0.25) is 9.52 Å². The van der Waals surface area contributed by atoms with E-state index in [2.05, 4.69) is 4.72 Å². The molecule has 0 unspecified atom stereocenters. The molecule has 0 spiro atoms. The van der Waals surface area contributed by atoms with Crippen LogP contribution in [-0.4, -0.2) is 26.1 Å². The minimum Gasteiger partial charge on any atom is -0.308 e. The van der Waals surface area contributed by atoms with Gasteiger partial charge in [-0.15, -0.1) is 0 Å². The number of rotatable bonds is 7. The van der Waals surface area contributed by atoms with Crippen LogP contribution in [-0.2, 0) is 21.2 Å². The Morgan fingerprint density at radius 2 is 1.88 bits per heavy atom. The number of halogens is 1. The van der Waals surface area contributed by atoms with Crippen LogP contribution >= 0.6 is 0 Å². The predicted octanol–water partition coefficient (Wildman–Crippen LogP) is 3.33. The fourth-order valence-corrected chi connectivity index (χ4v) is 3.98. The summed E-state index contributed by atoms with van der Waals surface area (Å²) in [5, 5.41) is 0. The van der Waals surface area contributed by atoms with Crippen molar-refractivity contribution in [2.45, 2.75) is 32.2 Å². The lowest BCUT2D eigenvalue weighted by atomic mass is 10.2. The second-order valence-electron chi connectivity index (χ2n) is 6.44. The smallest absolute Gasteiger partial charge is 0.233 e. The Morgan fingerprint density at radius 1 is 1.19 bits per heavy atom. The number of nitrogens with one attached hydrogen (secondary N) is 1. The number of hydrogen-bond acceptors (Lipinski definition) is 3. The molecule has 138 valence electrons. The van der Waals surface area contributed by atoms with Gasteiger partial charge in [-0.2, -0.15) is 0 Å². The molecule has 7 heteroatoms. The summed E-state index contributed by atoms with van der Waals surface area (Å²) in [5.74, 6) is -0.881. The molecule has 1 aliphatic carbocycles. The van der Waals surface area contributed by atoms with Gasteiger partial charge in [-0.05, 0) is 37.0 Å². The van der Waals surface area contributed by atoms with E-state index in [9.17, 15) is 17.6 Å². The lowest BCUT2D eigenvalue weighted by Gasteiger charge is -2.24. The largest absolute Gasteiger partial charge is 0.308 e. The fraction of sp³-hybridized carbons (Fsp3) is 0.316. The van der Waals surface area contributed by atoms with Gasteiger partial charge in [0.05, 0.1) is 17.1 Å². The highest BCUT2D eigenvalue weighted by Gasteiger charge is 2.33. The van der Waals surface area contributed by atoms with Crippen molar-refractivity contribution in [3.8, 4) is 0 Å². The molecule has 1 amide bonds. The standard InChI is InChI=1S/C19H21FN2O3S/c1-14(23)22(17-8-9-17)19-10-7-16(20)13-18(19)21-26(24,25)12-11-15-5-3-2-4-6-15/h2-7,10,13,17,21H,8-9,11-12H2,1H3. The number of anilines is 2. The van der Waals surface area contributed by atoms with Gasteiger partial charge in [-0.25, -0.2) is 12.8 Å². The first kappa shape index (κ1) is 18.4. The van der Waals surface area contributed by atoms with E-state index < -0.39 is 15.8 Å². The van der Waals surface area contributed by atoms with E-state index in [0.717, 1.165) is 24.5 Å². The van der Waals surface area contributed by atoms with Crippen molar-refractivity contribution in [1.29, 1.82) is 0 Å². The van der Waals surface area contributed by atoms with E-state index in [1.807, 2.05) is 30.3 Å². The molecular formula is C19H21FN2O3S. The number of hydrogen-bond donors (Lipinski definition) is 1. The Labute approximate surface area is 152 Å². The summed E-state index contributed by atoms with van der Waals surface area (Å²) >= 11 is 0. The van der Waals surface area contributed by atoms with Crippen molar-refractivity contribution in [3.05, 3.63) is 59.9 Å². The normalized spacial score (nSPS) is 14.1. The number of carbonyl (C=O) groups excluding carboxylic acids is 1. The fourth-order valence-electron chi connectivity index (χ4n) is 2.87. The molecule has 0 saturated heterocycles. The number of amides is 1. The quantitative estimate of drug-likeness (QED) is 0.806. The summed E-state index contributed by atoms with van der Waals surface area (Å²) in [6.45, 7) is 1.43. The minimum atomic E-state index is -3.69. The summed E-state index contributed by atoms with van der Waals surface area (Å²) < 4.78 is 41.1. The third-order valence-electron chi connectivity index (χ3n) is 4.24. The predicted molar refractivity (Wildman–Crippen MR) is 100 cm³/mol.